The van der Waals surface area contributed by atoms with E-state index in [1.54, 1.807) is 37.3 Å². The molecule has 0 spiro atoms. The number of hydrogen-bond acceptors (Lipinski definition) is 10. The Morgan fingerprint density at radius 1 is 1.14 bits per heavy atom. The smallest absolute Gasteiger partial charge is 0.262 e. The normalized spacial score (nSPS) is 12.2. The molecule has 0 saturated carbocycles. The summed E-state index contributed by atoms with van der Waals surface area (Å²) in [5.74, 6) is 0.257. The fraction of sp³-hybridized carbons (Fsp3) is 0.182. The molecule has 4 rings (SSSR count). The summed E-state index contributed by atoms with van der Waals surface area (Å²) in [4.78, 5) is 6.51. The number of benzene rings is 1. The lowest BCUT2D eigenvalue weighted by molar-refractivity contribution is 0.213. The van der Waals surface area contributed by atoms with Gasteiger partial charge in [0.1, 0.15) is 22.9 Å². The minimum Gasteiger partial charge on any atom is -0.494 e. The number of aliphatic hydroxyl groups is 1. The van der Waals surface area contributed by atoms with Crippen molar-refractivity contribution in [2.75, 3.05) is 18.9 Å². The number of methoxy groups -OCH3 is 2. The van der Waals surface area contributed by atoms with E-state index in [1.165, 1.54) is 18.8 Å². The third kappa shape index (κ3) is 4.63. The number of anilines is 1. The van der Waals surface area contributed by atoms with Crippen LogP contribution in [-0.4, -0.2) is 52.5 Å². The molecule has 0 fully saturated rings. The SMILES string of the molecule is C=C([C@H](O)c1ncc(F)cn1)S(=O)(=O)Nc1nnc(-c2ccc(C)o2)n1-c1c(OC)cccc1OC. The third-order valence-corrected chi connectivity index (χ3v) is 6.37. The summed E-state index contributed by atoms with van der Waals surface area (Å²) < 4.78 is 59.7. The number of para-hydroxylation sites is 1. The van der Waals surface area contributed by atoms with E-state index in [4.69, 9.17) is 13.9 Å². The van der Waals surface area contributed by atoms with E-state index >= 15 is 0 Å². The standard InChI is InChI=1S/C22H21FN6O6S/c1-12-8-9-17(35-12)21-26-27-22(29(21)18-15(33-3)6-5-7-16(18)34-4)28-36(31,32)13(2)19(30)20-24-10-14(23)11-25-20/h5-11,19,30H,2H2,1,3-4H3,(H,27,28)/t19-/m0/s1. The molecular formula is C22H21FN6O6S. The largest absolute Gasteiger partial charge is 0.494 e. The van der Waals surface area contributed by atoms with E-state index in [0.29, 0.717) is 17.3 Å². The lowest BCUT2D eigenvalue weighted by Crippen LogP contribution is -2.22. The van der Waals surface area contributed by atoms with Crippen LogP contribution in [0.25, 0.3) is 17.3 Å². The molecule has 0 aliphatic rings. The average molecular weight is 517 g/mol. The predicted octanol–water partition coefficient (Wildman–Crippen LogP) is 2.77. The van der Waals surface area contributed by atoms with Crippen molar-refractivity contribution in [3.8, 4) is 28.8 Å². The van der Waals surface area contributed by atoms with Crippen molar-refractivity contribution in [3.05, 3.63) is 71.6 Å². The highest BCUT2D eigenvalue weighted by atomic mass is 32.2. The van der Waals surface area contributed by atoms with Gasteiger partial charge in [0, 0.05) is 0 Å². The van der Waals surface area contributed by atoms with Crippen molar-refractivity contribution in [2.45, 2.75) is 13.0 Å². The van der Waals surface area contributed by atoms with Crippen LogP contribution in [-0.2, 0) is 10.0 Å². The second-order valence-corrected chi connectivity index (χ2v) is 9.07. The fourth-order valence-corrected chi connectivity index (χ4v) is 4.17. The first-order valence-corrected chi connectivity index (χ1v) is 11.7. The molecule has 14 heteroatoms. The maximum atomic E-state index is 13.2. The monoisotopic (exact) mass is 516 g/mol. The maximum absolute atomic E-state index is 13.2. The van der Waals surface area contributed by atoms with Gasteiger partial charge in [-0.15, -0.1) is 10.2 Å². The van der Waals surface area contributed by atoms with Crippen LogP contribution in [0.3, 0.4) is 0 Å². The number of rotatable bonds is 9. The van der Waals surface area contributed by atoms with E-state index < -0.39 is 26.8 Å². The summed E-state index contributed by atoms with van der Waals surface area (Å²) in [6.45, 7) is 5.20. The fourth-order valence-electron chi connectivity index (χ4n) is 3.27. The number of nitrogens with zero attached hydrogens (tertiary/aromatic N) is 5. The first-order chi connectivity index (χ1) is 17.2. The Labute approximate surface area is 205 Å². The molecule has 1 aromatic carbocycles. The van der Waals surface area contributed by atoms with Gasteiger partial charge in [-0.05, 0) is 31.2 Å². The molecule has 12 nitrogen and oxygen atoms in total. The first-order valence-electron chi connectivity index (χ1n) is 10.3. The van der Waals surface area contributed by atoms with Crippen molar-refractivity contribution in [1.29, 1.82) is 0 Å². The zero-order chi connectivity index (χ0) is 26.0. The van der Waals surface area contributed by atoms with Crippen LogP contribution in [0.2, 0.25) is 0 Å². The Morgan fingerprint density at radius 2 is 1.78 bits per heavy atom. The minimum atomic E-state index is -4.51. The molecule has 0 unspecified atom stereocenters. The predicted molar refractivity (Wildman–Crippen MR) is 126 cm³/mol. The molecule has 3 aromatic heterocycles. The highest BCUT2D eigenvalue weighted by Gasteiger charge is 2.31. The van der Waals surface area contributed by atoms with Gasteiger partial charge in [0.25, 0.3) is 10.0 Å². The molecule has 4 aromatic rings. The zero-order valence-electron chi connectivity index (χ0n) is 19.3. The van der Waals surface area contributed by atoms with Gasteiger partial charge in [0.2, 0.25) is 11.8 Å². The Balaban J connectivity index is 1.82. The van der Waals surface area contributed by atoms with Crippen LogP contribution < -0.4 is 14.2 Å². The first kappa shape index (κ1) is 24.8. The molecule has 0 radical (unpaired) electrons. The van der Waals surface area contributed by atoms with Gasteiger partial charge in [-0.25, -0.2) is 27.5 Å². The highest BCUT2D eigenvalue weighted by molar-refractivity contribution is 7.96. The van der Waals surface area contributed by atoms with Gasteiger partial charge in [-0.1, -0.05) is 12.6 Å². The van der Waals surface area contributed by atoms with E-state index in [9.17, 15) is 17.9 Å². The number of sulfonamides is 1. The Kier molecular flexibility index (Phi) is 6.72. The number of hydrogen-bond donors (Lipinski definition) is 2. The van der Waals surface area contributed by atoms with Crippen LogP contribution in [0, 0.1) is 12.7 Å². The van der Waals surface area contributed by atoms with Gasteiger partial charge in [-0.3, -0.25) is 4.57 Å². The lowest BCUT2D eigenvalue weighted by atomic mass is 10.2. The molecule has 0 aliphatic heterocycles. The number of halogens is 1. The zero-order valence-corrected chi connectivity index (χ0v) is 20.2. The minimum absolute atomic E-state index is 0.136. The molecule has 188 valence electrons. The number of aliphatic hydroxyl groups excluding tert-OH is 1. The van der Waals surface area contributed by atoms with E-state index in [-0.39, 0.29) is 29.0 Å². The second kappa shape index (κ2) is 9.75. The van der Waals surface area contributed by atoms with E-state index in [0.717, 1.165) is 12.4 Å². The molecular weight excluding hydrogens is 495 g/mol. The van der Waals surface area contributed by atoms with E-state index in [1.807, 2.05) is 0 Å². The van der Waals surface area contributed by atoms with Crippen molar-refractivity contribution in [2.24, 2.45) is 0 Å². The number of aromatic nitrogens is 5. The van der Waals surface area contributed by atoms with Crippen LogP contribution in [0.4, 0.5) is 10.3 Å². The lowest BCUT2D eigenvalue weighted by Gasteiger charge is -2.18. The summed E-state index contributed by atoms with van der Waals surface area (Å²) >= 11 is 0. The molecule has 0 aliphatic carbocycles. The number of ether oxygens (including phenoxy) is 2. The molecule has 2 N–H and O–H groups in total. The second-order valence-electron chi connectivity index (χ2n) is 7.34. The van der Waals surface area contributed by atoms with Gasteiger partial charge in [0.15, 0.2) is 23.5 Å². The van der Waals surface area contributed by atoms with Crippen LogP contribution in [0.5, 0.6) is 11.5 Å². The molecule has 1 atom stereocenters. The molecule has 36 heavy (non-hydrogen) atoms. The van der Waals surface area contributed by atoms with Crippen LogP contribution >= 0.6 is 0 Å². The van der Waals surface area contributed by atoms with Gasteiger partial charge >= 0.3 is 0 Å². The summed E-state index contributed by atoms with van der Waals surface area (Å²) in [7, 11) is -1.64. The van der Waals surface area contributed by atoms with Gasteiger partial charge in [0.05, 0.1) is 31.5 Å². The highest BCUT2D eigenvalue weighted by Crippen LogP contribution is 2.38. The molecule has 3 heterocycles. The Hall–Kier alpha value is -4.30. The van der Waals surface area contributed by atoms with Crippen molar-refractivity contribution < 1.29 is 31.8 Å². The van der Waals surface area contributed by atoms with Crippen LogP contribution in [0.1, 0.15) is 17.7 Å². The summed E-state index contributed by atoms with van der Waals surface area (Å²) in [5.41, 5.74) is 0.280. The van der Waals surface area contributed by atoms with Crippen molar-refractivity contribution in [1.82, 2.24) is 24.7 Å². The number of nitrogens with one attached hydrogen (secondary N) is 1. The summed E-state index contributed by atoms with van der Waals surface area (Å²) in [6.07, 6.45) is -0.269. The quantitative estimate of drug-likeness (QED) is 0.339. The molecule has 0 bridgehead atoms. The molecule has 0 amide bonds. The summed E-state index contributed by atoms with van der Waals surface area (Å²) in [6, 6.07) is 8.32. The van der Waals surface area contributed by atoms with E-state index in [2.05, 4.69) is 31.5 Å². The maximum Gasteiger partial charge on any atom is 0.262 e. The van der Waals surface area contributed by atoms with Crippen molar-refractivity contribution >= 4 is 16.0 Å². The number of aryl methyl sites for hydroxylation is 1. The third-order valence-electron chi connectivity index (χ3n) is 5.01. The Morgan fingerprint density at radius 3 is 2.33 bits per heavy atom. The Bertz CT molecular complexity index is 1490. The van der Waals surface area contributed by atoms with Crippen molar-refractivity contribution in [3.63, 3.8) is 0 Å². The summed E-state index contributed by atoms with van der Waals surface area (Å²) in [5, 5.41) is 18.6. The average Bonchev–Trinajstić information content (AvgIpc) is 3.48. The molecule has 0 saturated heterocycles. The van der Waals surface area contributed by atoms with Gasteiger partial charge in [-0.2, -0.15) is 0 Å². The topological polar surface area (TPSA) is 154 Å². The number of furan rings is 1. The van der Waals surface area contributed by atoms with Crippen LogP contribution in [0.15, 0.2) is 58.6 Å². The van der Waals surface area contributed by atoms with Gasteiger partial charge < -0.3 is 19.0 Å².